The third-order valence-electron chi connectivity index (χ3n) is 6.64. The van der Waals surface area contributed by atoms with E-state index >= 15 is 0 Å². The van der Waals surface area contributed by atoms with E-state index in [1.54, 1.807) is 0 Å². The SMILES string of the molecule is Cc1ccc2c(c1)NCN2Cc1ccc(C(=O)N2CCC(N3CCCC3)C2)cc1. The number of aryl methyl sites for hydroxylation is 1. The monoisotopic (exact) mass is 390 g/mol. The topological polar surface area (TPSA) is 38.8 Å². The molecule has 2 fully saturated rings. The van der Waals surface area contributed by atoms with Crippen LogP contribution in [-0.2, 0) is 6.54 Å². The average molecular weight is 391 g/mol. The average Bonchev–Trinajstić information content (AvgIpc) is 3.49. The van der Waals surface area contributed by atoms with Crippen molar-refractivity contribution in [1.29, 1.82) is 0 Å². The maximum Gasteiger partial charge on any atom is 0.253 e. The molecule has 2 aromatic rings. The van der Waals surface area contributed by atoms with E-state index in [1.807, 2.05) is 17.0 Å². The fraction of sp³-hybridized carbons (Fsp3) is 0.458. The van der Waals surface area contributed by atoms with E-state index in [-0.39, 0.29) is 5.91 Å². The van der Waals surface area contributed by atoms with Gasteiger partial charge in [-0.05, 0) is 74.7 Å². The van der Waals surface area contributed by atoms with Crippen molar-refractivity contribution in [2.75, 3.05) is 43.1 Å². The summed E-state index contributed by atoms with van der Waals surface area (Å²) in [6.07, 6.45) is 3.73. The van der Waals surface area contributed by atoms with Gasteiger partial charge < -0.3 is 15.1 Å². The minimum atomic E-state index is 0.182. The van der Waals surface area contributed by atoms with E-state index in [9.17, 15) is 4.79 Å². The molecule has 0 aromatic heterocycles. The molecule has 3 aliphatic heterocycles. The lowest BCUT2D eigenvalue weighted by Gasteiger charge is -2.23. The van der Waals surface area contributed by atoms with Gasteiger partial charge in [-0.3, -0.25) is 9.69 Å². The zero-order valence-electron chi connectivity index (χ0n) is 17.2. The molecule has 1 atom stereocenters. The number of benzene rings is 2. The summed E-state index contributed by atoms with van der Waals surface area (Å²) in [6.45, 7) is 7.97. The van der Waals surface area contributed by atoms with Gasteiger partial charge >= 0.3 is 0 Å². The number of likely N-dealkylation sites (tertiary alicyclic amines) is 2. The third kappa shape index (κ3) is 3.71. The molecule has 0 spiro atoms. The number of amides is 1. The lowest BCUT2D eigenvalue weighted by molar-refractivity contribution is 0.0780. The van der Waals surface area contributed by atoms with Crippen molar-refractivity contribution in [1.82, 2.24) is 9.80 Å². The number of nitrogens with one attached hydrogen (secondary N) is 1. The van der Waals surface area contributed by atoms with Crippen LogP contribution in [0.4, 0.5) is 11.4 Å². The summed E-state index contributed by atoms with van der Waals surface area (Å²) in [6, 6.07) is 15.3. The highest BCUT2D eigenvalue weighted by Gasteiger charge is 2.31. The minimum absolute atomic E-state index is 0.182. The van der Waals surface area contributed by atoms with Crippen LogP contribution in [0.5, 0.6) is 0 Å². The molecule has 3 heterocycles. The Balaban J connectivity index is 1.21. The van der Waals surface area contributed by atoms with E-state index in [0.717, 1.165) is 38.3 Å². The summed E-state index contributed by atoms with van der Waals surface area (Å²) >= 11 is 0. The largest absolute Gasteiger partial charge is 0.366 e. The van der Waals surface area contributed by atoms with Gasteiger partial charge in [0.15, 0.2) is 0 Å². The van der Waals surface area contributed by atoms with Crippen molar-refractivity contribution in [2.45, 2.75) is 38.8 Å². The van der Waals surface area contributed by atoms with Crippen LogP contribution >= 0.6 is 0 Å². The van der Waals surface area contributed by atoms with Crippen LogP contribution in [0, 0.1) is 6.92 Å². The van der Waals surface area contributed by atoms with E-state index in [1.165, 1.54) is 48.4 Å². The highest BCUT2D eigenvalue weighted by Crippen LogP contribution is 2.33. The number of fused-ring (bicyclic) bond motifs is 1. The molecule has 1 N–H and O–H groups in total. The van der Waals surface area contributed by atoms with Crippen molar-refractivity contribution in [3.8, 4) is 0 Å². The van der Waals surface area contributed by atoms with Gasteiger partial charge in [0.2, 0.25) is 0 Å². The number of carbonyl (C=O) groups excluding carboxylic acids is 1. The van der Waals surface area contributed by atoms with Gasteiger partial charge in [-0.1, -0.05) is 18.2 Å². The molecular formula is C24H30N4O. The second-order valence-corrected chi connectivity index (χ2v) is 8.69. The lowest BCUT2D eigenvalue weighted by Crippen LogP contribution is -2.37. The molecule has 1 unspecified atom stereocenters. The Morgan fingerprint density at radius 3 is 2.66 bits per heavy atom. The Morgan fingerprint density at radius 1 is 1.07 bits per heavy atom. The van der Waals surface area contributed by atoms with Crippen LogP contribution in [0.1, 0.15) is 40.7 Å². The molecule has 0 aliphatic carbocycles. The third-order valence-corrected chi connectivity index (χ3v) is 6.64. The van der Waals surface area contributed by atoms with Crippen molar-refractivity contribution in [2.24, 2.45) is 0 Å². The molecular weight excluding hydrogens is 360 g/mol. The Hall–Kier alpha value is -2.53. The summed E-state index contributed by atoms with van der Waals surface area (Å²) in [5, 5.41) is 3.47. The molecule has 0 radical (unpaired) electrons. The van der Waals surface area contributed by atoms with Crippen LogP contribution in [0.25, 0.3) is 0 Å². The zero-order chi connectivity index (χ0) is 19.8. The van der Waals surface area contributed by atoms with E-state index in [4.69, 9.17) is 0 Å². The smallest absolute Gasteiger partial charge is 0.253 e. The van der Waals surface area contributed by atoms with Gasteiger partial charge in [-0.2, -0.15) is 0 Å². The summed E-state index contributed by atoms with van der Waals surface area (Å²) in [5.74, 6) is 0.182. The Kier molecular flexibility index (Phi) is 4.92. The summed E-state index contributed by atoms with van der Waals surface area (Å²) in [5.41, 5.74) is 5.77. The second-order valence-electron chi connectivity index (χ2n) is 8.69. The Morgan fingerprint density at radius 2 is 1.86 bits per heavy atom. The minimum Gasteiger partial charge on any atom is -0.366 e. The Bertz CT molecular complexity index is 888. The first kappa shape index (κ1) is 18.5. The fourth-order valence-corrected chi connectivity index (χ4v) is 4.96. The zero-order valence-corrected chi connectivity index (χ0v) is 17.2. The summed E-state index contributed by atoms with van der Waals surface area (Å²) in [7, 11) is 0. The first-order chi connectivity index (χ1) is 14.2. The molecule has 3 aliphatic rings. The van der Waals surface area contributed by atoms with Crippen LogP contribution < -0.4 is 10.2 Å². The van der Waals surface area contributed by atoms with E-state index in [2.05, 4.69) is 52.4 Å². The van der Waals surface area contributed by atoms with Crippen LogP contribution in [0.3, 0.4) is 0 Å². The molecule has 5 nitrogen and oxygen atoms in total. The van der Waals surface area contributed by atoms with Crippen molar-refractivity contribution in [3.05, 3.63) is 59.2 Å². The van der Waals surface area contributed by atoms with Gasteiger partial charge in [0.25, 0.3) is 5.91 Å². The number of carbonyl (C=O) groups is 1. The molecule has 5 heteroatoms. The van der Waals surface area contributed by atoms with E-state index in [0.29, 0.717) is 6.04 Å². The summed E-state index contributed by atoms with van der Waals surface area (Å²) in [4.78, 5) is 19.9. The van der Waals surface area contributed by atoms with Gasteiger partial charge in [0.05, 0.1) is 18.0 Å². The number of hydrogen-bond acceptors (Lipinski definition) is 4. The molecule has 29 heavy (non-hydrogen) atoms. The molecule has 0 saturated carbocycles. The fourth-order valence-electron chi connectivity index (χ4n) is 4.96. The number of hydrogen-bond donors (Lipinski definition) is 1. The van der Waals surface area contributed by atoms with Gasteiger partial charge in [-0.15, -0.1) is 0 Å². The first-order valence-corrected chi connectivity index (χ1v) is 10.9. The standard InChI is InChI=1S/C24H30N4O/c1-18-4-9-23-22(14-18)25-17-28(23)15-19-5-7-20(8-6-19)24(29)27-13-10-21(16-27)26-11-2-3-12-26/h4-9,14,21,25H,2-3,10-13,15-17H2,1H3. The maximum atomic E-state index is 12.9. The molecule has 2 saturated heterocycles. The highest BCUT2D eigenvalue weighted by atomic mass is 16.2. The van der Waals surface area contributed by atoms with Crippen molar-refractivity contribution >= 4 is 17.3 Å². The molecule has 0 bridgehead atoms. The Labute approximate surface area is 173 Å². The van der Waals surface area contributed by atoms with Crippen LogP contribution in [0.15, 0.2) is 42.5 Å². The van der Waals surface area contributed by atoms with Gasteiger partial charge in [0.1, 0.15) is 0 Å². The predicted molar refractivity (Wildman–Crippen MR) is 117 cm³/mol. The number of rotatable bonds is 4. The second kappa shape index (κ2) is 7.71. The van der Waals surface area contributed by atoms with E-state index < -0.39 is 0 Å². The van der Waals surface area contributed by atoms with Crippen molar-refractivity contribution < 1.29 is 4.79 Å². The van der Waals surface area contributed by atoms with Crippen molar-refractivity contribution in [3.63, 3.8) is 0 Å². The number of anilines is 2. The molecule has 2 aromatic carbocycles. The van der Waals surface area contributed by atoms with Crippen LogP contribution in [-0.4, -0.2) is 54.6 Å². The predicted octanol–water partition coefficient (Wildman–Crippen LogP) is 3.69. The quantitative estimate of drug-likeness (QED) is 0.864. The maximum absolute atomic E-state index is 12.9. The molecule has 152 valence electrons. The first-order valence-electron chi connectivity index (χ1n) is 10.9. The lowest BCUT2D eigenvalue weighted by atomic mass is 10.1. The number of nitrogens with zero attached hydrogens (tertiary/aromatic N) is 3. The van der Waals surface area contributed by atoms with Gasteiger partial charge in [0, 0.05) is 31.2 Å². The molecule has 1 amide bonds. The molecule has 5 rings (SSSR count). The highest BCUT2D eigenvalue weighted by molar-refractivity contribution is 5.94. The van der Waals surface area contributed by atoms with Crippen LogP contribution in [0.2, 0.25) is 0 Å². The summed E-state index contributed by atoms with van der Waals surface area (Å²) < 4.78 is 0. The normalized spacial score (nSPS) is 21.5. The van der Waals surface area contributed by atoms with Gasteiger partial charge in [-0.25, -0.2) is 0 Å².